The number of pyridine rings is 1. The van der Waals surface area contributed by atoms with Crippen LogP contribution in [0.2, 0.25) is 0 Å². The van der Waals surface area contributed by atoms with Crippen LogP contribution in [0.4, 0.5) is 4.39 Å². The van der Waals surface area contributed by atoms with E-state index in [1.165, 1.54) is 6.07 Å². The second-order valence-electron chi connectivity index (χ2n) is 7.77. The lowest BCUT2D eigenvalue weighted by atomic mass is 10.1. The Kier molecular flexibility index (Phi) is 7.89. The van der Waals surface area contributed by atoms with Crippen LogP contribution >= 0.6 is 0 Å². The van der Waals surface area contributed by atoms with Gasteiger partial charge in [0.25, 0.3) is 0 Å². The maximum Gasteiger partial charge on any atom is 0.224 e. The van der Waals surface area contributed by atoms with Crippen molar-refractivity contribution in [1.82, 2.24) is 30.5 Å². The molecule has 0 saturated carbocycles. The third-order valence-corrected chi connectivity index (χ3v) is 5.33. The number of aromatic nitrogens is 3. The van der Waals surface area contributed by atoms with Gasteiger partial charge >= 0.3 is 0 Å². The van der Waals surface area contributed by atoms with Crippen molar-refractivity contribution >= 4 is 5.91 Å². The molecule has 0 bridgehead atoms. The second kappa shape index (κ2) is 11.4. The van der Waals surface area contributed by atoms with Crippen LogP contribution in [0.15, 0.2) is 55.0 Å². The number of rotatable bonds is 9. The zero-order chi connectivity index (χ0) is 22.9. The fourth-order valence-corrected chi connectivity index (χ4v) is 3.52. The summed E-state index contributed by atoms with van der Waals surface area (Å²) in [6.45, 7) is 5.63. The summed E-state index contributed by atoms with van der Waals surface area (Å²) < 4.78 is 20.3. The number of nitrogens with zero attached hydrogens (tertiary/aromatic N) is 4. The van der Waals surface area contributed by atoms with Crippen LogP contribution in [0.5, 0.6) is 5.75 Å². The molecule has 9 heteroatoms. The molecule has 172 valence electrons. The predicted octanol–water partition coefficient (Wildman–Crippen LogP) is 1.82. The van der Waals surface area contributed by atoms with E-state index in [1.54, 1.807) is 30.7 Å². The van der Waals surface area contributed by atoms with Gasteiger partial charge in [0.1, 0.15) is 18.2 Å². The largest absolute Gasteiger partial charge is 0.492 e. The van der Waals surface area contributed by atoms with Crippen LogP contribution in [-0.2, 0) is 17.8 Å². The van der Waals surface area contributed by atoms with Crippen LogP contribution in [0, 0.1) is 5.82 Å². The number of ether oxygens (including phenoxy) is 1. The highest BCUT2D eigenvalue weighted by molar-refractivity contribution is 5.78. The van der Waals surface area contributed by atoms with E-state index in [9.17, 15) is 9.18 Å². The van der Waals surface area contributed by atoms with Gasteiger partial charge in [-0.05, 0) is 29.8 Å². The number of carbonyl (C=O) groups excluding carboxylic acids is 1. The normalized spacial score (nSPS) is 14.1. The summed E-state index contributed by atoms with van der Waals surface area (Å²) in [5, 5.41) is 6.12. The Bertz CT molecular complexity index is 1040. The Morgan fingerprint density at radius 2 is 1.94 bits per heavy atom. The van der Waals surface area contributed by atoms with Crippen molar-refractivity contribution in [3.63, 3.8) is 0 Å². The number of amides is 1. The van der Waals surface area contributed by atoms with Crippen molar-refractivity contribution in [2.45, 2.75) is 13.0 Å². The van der Waals surface area contributed by atoms with Crippen LogP contribution in [-0.4, -0.2) is 65.1 Å². The Hall–Kier alpha value is -3.43. The number of halogens is 1. The Morgan fingerprint density at radius 3 is 2.67 bits per heavy atom. The Labute approximate surface area is 192 Å². The van der Waals surface area contributed by atoms with Crippen LogP contribution < -0.4 is 15.4 Å². The predicted molar refractivity (Wildman–Crippen MR) is 122 cm³/mol. The van der Waals surface area contributed by atoms with E-state index in [1.807, 2.05) is 18.2 Å². The maximum absolute atomic E-state index is 14.6. The van der Waals surface area contributed by atoms with Gasteiger partial charge in [-0.25, -0.2) is 14.4 Å². The van der Waals surface area contributed by atoms with Crippen molar-refractivity contribution in [3.8, 4) is 17.1 Å². The van der Waals surface area contributed by atoms with Crippen molar-refractivity contribution < 1.29 is 13.9 Å². The van der Waals surface area contributed by atoms with Gasteiger partial charge in [-0.15, -0.1) is 0 Å². The van der Waals surface area contributed by atoms with E-state index in [-0.39, 0.29) is 23.7 Å². The first kappa shape index (κ1) is 22.8. The molecule has 1 saturated heterocycles. The lowest BCUT2D eigenvalue weighted by molar-refractivity contribution is -0.120. The topological polar surface area (TPSA) is 92.3 Å². The Balaban J connectivity index is 1.28. The average Bonchev–Trinajstić information content (AvgIpc) is 2.85. The summed E-state index contributed by atoms with van der Waals surface area (Å²) in [5.41, 5.74) is 1.71. The van der Waals surface area contributed by atoms with E-state index in [2.05, 4.69) is 30.5 Å². The number of hydrogen-bond donors (Lipinski definition) is 2. The highest BCUT2D eigenvalue weighted by atomic mass is 19.1. The number of nitrogens with one attached hydrogen (secondary N) is 2. The summed E-state index contributed by atoms with van der Waals surface area (Å²) in [6, 6.07) is 10.2. The van der Waals surface area contributed by atoms with E-state index in [4.69, 9.17) is 4.74 Å². The molecular formula is C24H27FN6O2. The standard InChI is InChI=1S/C24H27FN6O2/c25-22-14-20(33-12-11-31-9-7-26-8-10-31)4-5-21(22)24-29-15-18(16-30-24)13-23(32)28-17-19-3-1-2-6-27-19/h1-6,14-16,26H,7-13,17H2,(H,28,32). The fourth-order valence-electron chi connectivity index (χ4n) is 3.52. The smallest absolute Gasteiger partial charge is 0.224 e. The van der Waals surface area contributed by atoms with Crippen molar-refractivity contribution in [2.75, 3.05) is 39.3 Å². The lowest BCUT2D eigenvalue weighted by Crippen LogP contribution is -2.44. The van der Waals surface area contributed by atoms with E-state index in [0.717, 1.165) is 38.4 Å². The van der Waals surface area contributed by atoms with E-state index in [0.29, 0.717) is 24.5 Å². The molecule has 3 heterocycles. The van der Waals surface area contributed by atoms with Crippen molar-refractivity contribution in [2.24, 2.45) is 0 Å². The van der Waals surface area contributed by atoms with E-state index < -0.39 is 5.82 Å². The average molecular weight is 451 g/mol. The summed E-state index contributed by atoms with van der Waals surface area (Å²) >= 11 is 0. The van der Waals surface area contributed by atoms with Gasteiger partial charge in [0.05, 0.1) is 24.2 Å². The highest BCUT2D eigenvalue weighted by Crippen LogP contribution is 2.23. The minimum Gasteiger partial charge on any atom is -0.492 e. The van der Waals surface area contributed by atoms with Crippen molar-refractivity contribution in [3.05, 3.63) is 72.1 Å². The lowest BCUT2D eigenvalue weighted by Gasteiger charge is -2.26. The van der Waals surface area contributed by atoms with E-state index >= 15 is 0 Å². The van der Waals surface area contributed by atoms with Gasteiger partial charge in [0, 0.05) is 57.4 Å². The minimum absolute atomic E-state index is 0.134. The molecule has 33 heavy (non-hydrogen) atoms. The summed E-state index contributed by atoms with van der Waals surface area (Å²) in [6.07, 6.45) is 4.90. The zero-order valence-corrected chi connectivity index (χ0v) is 18.3. The highest BCUT2D eigenvalue weighted by Gasteiger charge is 2.12. The molecule has 0 aliphatic carbocycles. The summed E-state index contributed by atoms with van der Waals surface area (Å²) in [4.78, 5) is 27.1. The zero-order valence-electron chi connectivity index (χ0n) is 18.3. The third-order valence-electron chi connectivity index (χ3n) is 5.33. The van der Waals surface area contributed by atoms with Gasteiger partial charge < -0.3 is 15.4 Å². The summed E-state index contributed by atoms with van der Waals surface area (Å²) in [5.74, 6) is 0.131. The molecule has 1 amide bonds. The molecule has 3 aromatic rings. The monoisotopic (exact) mass is 450 g/mol. The first-order chi connectivity index (χ1) is 16.2. The molecule has 1 fully saturated rings. The minimum atomic E-state index is -0.449. The second-order valence-corrected chi connectivity index (χ2v) is 7.77. The molecule has 8 nitrogen and oxygen atoms in total. The molecule has 1 aliphatic rings. The number of hydrogen-bond acceptors (Lipinski definition) is 7. The molecule has 0 radical (unpaired) electrons. The van der Waals surface area contributed by atoms with Crippen LogP contribution in [0.1, 0.15) is 11.3 Å². The quantitative estimate of drug-likeness (QED) is 0.514. The van der Waals surface area contributed by atoms with Crippen LogP contribution in [0.25, 0.3) is 11.4 Å². The molecular weight excluding hydrogens is 423 g/mol. The Morgan fingerprint density at radius 1 is 1.12 bits per heavy atom. The maximum atomic E-state index is 14.6. The van der Waals surface area contributed by atoms with Crippen molar-refractivity contribution in [1.29, 1.82) is 0 Å². The molecule has 2 aromatic heterocycles. The van der Waals surface area contributed by atoms with Crippen LogP contribution in [0.3, 0.4) is 0 Å². The number of benzene rings is 1. The third kappa shape index (κ3) is 6.77. The molecule has 1 aliphatic heterocycles. The first-order valence-corrected chi connectivity index (χ1v) is 11.0. The first-order valence-electron chi connectivity index (χ1n) is 11.0. The van der Waals surface area contributed by atoms with Gasteiger partial charge in [0.2, 0.25) is 5.91 Å². The van der Waals surface area contributed by atoms with Gasteiger partial charge in [0.15, 0.2) is 5.82 Å². The molecule has 0 spiro atoms. The van der Waals surface area contributed by atoms with Gasteiger partial charge in [-0.1, -0.05) is 6.07 Å². The summed E-state index contributed by atoms with van der Waals surface area (Å²) in [7, 11) is 0. The van der Waals surface area contributed by atoms with Gasteiger partial charge in [-0.2, -0.15) is 0 Å². The molecule has 0 unspecified atom stereocenters. The molecule has 2 N–H and O–H groups in total. The molecule has 4 rings (SSSR count). The molecule has 0 atom stereocenters. The van der Waals surface area contributed by atoms with Gasteiger partial charge in [-0.3, -0.25) is 14.7 Å². The molecule has 1 aromatic carbocycles. The number of carbonyl (C=O) groups is 1. The fraction of sp³-hybridized carbons (Fsp3) is 0.333. The SMILES string of the molecule is O=C(Cc1cnc(-c2ccc(OCCN3CCNCC3)cc2F)nc1)NCc1ccccn1. The number of piperazine rings is 1.